The molecule has 3 heteroatoms. The van der Waals surface area contributed by atoms with Gasteiger partial charge < -0.3 is 14.6 Å². The summed E-state index contributed by atoms with van der Waals surface area (Å²) in [7, 11) is 1.66. The number of ether oxygens (including phenoxy) is 2. The molecule has 0 saturated heterocycles. The lowest BCUT2D eigenvalue weighted by molar-refractivity contribution is -0.0922. The van der Waals surface area contributed by atoms with E-state index in [1.807, 2.05) is 0 Å². The molecule has 2 saturated carbocycles. The largest absolute Gasteiger partial charge is 0.393 e. The highest BCUT2D eigenvalue weighted by Gasteiger charge is 2.38. The maximum atomic E-state index is 9.56. The first-order valence-corrected chi connectivity index (χ1v) is 5.58. The van der Waals surface area contributed by atoms with E-state index in [0.717, 1.165) is 31.6 Å². The summed E-state index contributed by atoms with van der Waals surface area (Å²) in [6.45, 7) is 0.407. The van der Waals surface area contributed by atoms with Crippen LogP contribution in [0.1, 0.15) is 32.1 Å². The Balaban J connectivity index is 1.79. The van der Waals surface area contributed by atoms with E-state index in [1.165, 1.54) is 6.42 Å². The van der Waals surface area contributed by atoms with Gasteiger partial charge in [-0.2, -0.15) is 0 Å². The van der Waals surface area contributed by atoms with Gasteiger partial charge >= 0.3 is 0 Å². The van der Waals surface area contributed by atoms with Gasteiger partial charge in [0.05, 0.1) is 12.2 Å². The van der Waals surface area contributed by atoms with E-state index in [4.69, 9.17) is 9.47 Å². The van der Waals surface area contributed by atoms with Gasteiger partial charge in [0.1, 0.15) is 6.79 Å². The lowest BCUT2D eigenvalue weighted by atomic mass is 9.80. The van der Waals surface area contributed by atoms with Crippen LogP contribution in [0.25, 0.3) is 0 Å². The van der Waals surface area contributed by atoms with Crippen LogP contribution in [0, 0.1) is 11.8 Å². The normalized spacial score (nSPS) is 42.4. The molecule has 82 valence electrons. The van der Waals surface area contributed by atoms with Crippen LogP contribution in [0.15, 0.2) is 0 Å². The van der Waals surface area contributed by atoms with Crippen LogP contribution in [-0.2, 0) is 9.47 Å². The topological polar surface area (TPSA) is 38.7 Å². The predicted molar refractivity (Wildman–Crippen MR) is 52.8 cm³/mol. The number of aliphatic hydroxyl groups excluding tert-OH is 1. The number of aliphatic hydroxyl groups is 1. The third-order valence-corrected chi connectivity index (χ3v) is 3.66. The molecule has 0 amide bonds. The van der Waals surface area contributed by atoms with Crippen molar-refractivity contribution < 1.29 is 14.6 Å². The molecule has 0 spiro atoms. The van der Waals surface area contributed by atoms with E-state index in [0.29, 0.717) is 18.8 Å². The number of hydrogen-bond donors (Lipinski definition) is 1. The molecule has 0 bridgehead atoms. The Morgan fingerprint density at radius 3 is 2.71 bits per heavy atom. The molecule has 2 aliphatic rings. The minimum atomic E-state index is -0.0498. The molecule has 0 aromatic heterocycles. The average Bonchev–Trinajstić information content (AvgIpc) is 2.54. The maximum absolute atomic E-state index is 9.56. The zero-order chi connectivity index (χ0) is 9.97. The number of rotatable bonds is 3. The molecule has 0 radical (unpaired) electrons. The van der Waals surface area contributed by atoms with Crippen LogP contribution in [0.5, 0.6) is 0 Å². The van der Waals surface area contributed by atoms with Crippen molar-refractivity contribution in [2.45, 2.75) is 44.3 Å². The third kappa shape index (κ3) is 2.27. The Morgan fingerprint density at radius 2 is 1.93 bits per heavy atom. The fraction of sp³-hybridized carbons (Fsp3) is 1.00. The standard InChI is InChI=1S/C11H20O3/c1-13-7-14-11-3-2-8-4-10(12)5-9(8)6-11/h8-12H,2-7H2,1H3/t8-,9?,10+,11+/m0/s1. The van der Waals surface area contributed by atoms with Gasteiger partial charge in [0.2, 0.25) is 0 Å². The summed E-state index contributed by atoms with van der Waals surface area (Å²) in [5.41, 5.74) is 0. The van der Waals surface area contributed by atoms with Crippen molar-refractivity contribution in [2.75, 3.05) is 13.9 Å². The maximum Gasteiger partial charge on any atom is 0.146 e. The second-order valence-electron chi connectivity index (χ2n) is 4.65. The average molecular weight is 200 g/mol. The first kappa shape index (κ1) is 10.4. The Hall–Kier alpha value is -0.120. The Morgan fingerprint density at radius 1 is 1.14 bits per heavy atom. The summed E-state index contributed by atoms with van der Waals surface area (Å²) < 4.78 is 10.5. The summed E-state index contributed by atoms with van der Waals surface area (Å²) in [4.78, 5) is 0. The van der Waals surface area contributed by atoms with Gasteiger partial charge in [-0.3, -0.25) is 0 Å². The highest BCUT2D eigenvalue weighted by atomic mass is 16.7. The molecule has 1 N–H and O–H groups in total. The monoisotopic (exact) mass is 200 g/mol. The van der Waals surface area contributed by atoms with Crippen LogP contribution in [-0.4, -0.2) is 31.2 Å². The lowest BCUT2D eigenvalue weighted by Gasteiger charge is -2.31. The van der Waals surface area contributed by atoms with Gasteiger partial charge in [-0.15, -0.1) is 0 Å². The minimum absolute atomic E-state index is 0.0498. The van der Waals surface area contributed by atoms with Gasteiger partial charge in [-0.1, -0.05) is 0 Å². The summed E-state index contributed by atoms with van der Waals surface area (Å²) in [6.07, 6.45) is 5.78. The van der Waals surface area contributed by atoms with Gasteiger partial charge in [0.15, 0.2) is 0 Å². The molecule has 3 nitrogen and oxygen atoms in total. The van der Waals surface area contributed by atoms with E-state index >= 15 is 0 Å². The van der Waals surface area contributed by atoms with Crippen molar-refractivity contribution in [3.05, 3.63) is 0 Å². The fourth-order valence-corrected chi connectivity index (χ4v) is 2.99. The van der Waals surface area contributed by atoms with Crippen molar-refractivity contribution >= 4 is 0 Å². The summed E-state index contributed by atoms with van der Waals surface area (Å²) in [5, 5.41) is 9.56. The Bertz CT molecular complexity index is 183. The summed E-state index contributed by atoms with van der Waals surface area (Å²) in [6, 6.07) is 0. The first-order chi connectivity index (χ1) is 6.79. The van der Waals surface area contributed by atoms with Crippen LogP contribution in [0.2, 0.25) is 0 Å². The Labute approximate surface area is 85.4 Å². The van der Waals surface area contributed by atoms with Crippen LogP contribution in [0.4, 0.5) is 0 Å². The van der Waals surface area contributed by atoms with Gasteiger partial charge in [-0.05, 0) is 43.9 Å². The number of hydrogen-bond acceptors (Lipinski definition) is 3. The second-order valence-corrected chi connectivity index (χ2v) is 4.65. The third-order valence-electron chi connectivity index (χ3n) is 3.66. The lowest BCUT2D eigenvalue weighted by Crippen LogP contribution is -2.27. The second kappa shape index (κ2) is 4.60. The highest BCUT2D eigenvalue weighted by Crippen LogP contribution is 2.42. The van der Waals surface area contributed by atoms with E-state index in [1.54, 1.807) is 7.11 Å². The van der Waals surface area contributed by atoms with E-state index in [2.05, 4.69) is 0 Å². The molecule has 0 heterocycles. The molecule has 0 aromatic rings. The molecule has 2 fully saturated rings. The zero-order valence-electron chi connectivity index (χ0n) is 8.82. The van der Waals surface area contributed by atoms with Crippen molar-refractivity contribution in [3.63, 3.8) is 0 Å². The Kier molecular flexibility index (Phi) is 3.42. The van der Waals surface area contributed by atoms with Gasteiger partial charge in [-0.25, -0.2) is 0 Å². The molecule has 0 aliphatic heterocycles. The smallest absolute Gasteiger partial charge is 0.146 e. The molecule has 2 aliphatic carbocycles. The van der Waals surface area contributed by atoms with Gasteiger partial charge in [0, 0.05) is 7.11 Å². The molecule has 4 atom stereocenters. The molecule has 14 heavy (non-hydrogen) atoms. The number of fused-ring (bicyclic) bond motifs is 1. The summed E-state index contributed by atoms with van der Waals surface area (Å²) in [5.74, 6) is 1.45. The van der Waals surface area contributed by atoms with Crippen molar-refractivity contribution in [3.8, 4) is 0 Å². The van der Waals surface area contributed by atoms with Crippen molar-refractivity contribution in [1.29, 1.82) is 0 Å². The molecule has 2 rings (SSSR count). The van der Waals surface area contributed by atoms with E-state index in [-0.39, 0.29) is 6.10 Å². The first-order valence-electron chi connectivity index (χ1n) is 5.58. The predicted octanol–water partition coefficient (Wildman–Crippen LogP) is 1.55. The molecule has 1 unspecified atom stereocenters. The fourth-order valence-electron chi connectivity index (χ4n) is 2.99. The van der Waals surface area contributed by atoms with Crippen LogP contribution < -0.4 is 0 Å². The molecular formula is C11H20O3. The molecule has 0 aromatic carbocycles. The van der Waals surface area contributed by atoms with Gasteiger partial charge in [0.25, 0.3) is 0 Å². The van der Waals surface area contributed by atoms with E-state index in [9.17, 15) is 5.11 Å². The minimum Gasteiger partial charge on any atom is -0.393 e. The highest BCUT2D eigenvalue weighted by molar-refractivity contribution is 4.89. The summed E-state index contributed by atoms with van der Waals surface area (Å²) >= 11 is 0. The molecular weight excluding hydrogens is 180 g/mol. The van der Waals surface area contributed by atoms with Crippen LogP contribution in [0.3, 0.4) is 0 Å². The SMILES string of the molecule is COCO[C@@H]1CC[C@H]2C[C@@H](O)CC2C1. The van der Waals surface area contributed by atoms with Crippen molar-refractivity contribution in [1.82, 2.24) is 0 Å². The van der Waals surface area contributed by atoms with Crippen LogP contribution >= 0.6 is 0 Å². The zero-order valence-corrected chi connectivity index (χ0v) is 8.82. The van der Waals surface area contributed by atoms with Crippen molar-refractivity contribution in [2.24, 2.45) is 11.8 Å². The van der Waals surface area contributed by atoms with E-state index < -0.39 is 0 Å². The quantitative estimate of drug-likeness (QED) is 0.702. The number of methoxy groups -OCH3 is 1.